The molecular weight excluding hydrogens is 342 g/mol. The van der Waals surface area contributed by atoms with Gasteiger partial charge in [-0.1, -0.05) is 40.2 Å². The van der Waals surface area contributed by atoms with Crippen LogP contribution in [-0.2, 0) is 12.4 Å². The lowest BCUT2D eigenvalue weighted by atomic mass is 10.1. The third-order valence-corrected chi connectivity index (χ3v) is 3.60. The summed E-state index contributed by atoms with van der Waals surface area (Å²) in [7, 11) is 0. The second kappa shape index (κ2) is 6.77. The molecule has 0 heterocycles. The summed E-state index contributed by atoms with van der Waals surface area (Å²) in [5.74, 6) is 0.0779. The zero-order valence-electron chi connectivity index (χ0n) is 10.6. The van der Waals surface area contributed by atoms with E-state index in [-0.39, 0.29) is 17.2 Å². The largest absolute Gasteiger partial charge is 0.507 e. The first-order valence-corrected chi connectivity index (χ1v) is 7.33. The van der Waals surface area contributed by atoms with Gasteiger partial charge in [0.25, 0.3) is 5.91 Å². The van der Waals surface area contributed by atoms with Crippen LogP contribution in [0, 0.1) is 0 Å². The number of carbonyl (C=O) groups excluding carboxylic acids is 1. The van der Waals surface area contributed by atoms with E-state index in [4.69, 9.17) is 11.6 Å². The third kappa shape index (κ3) is 3.74. The second-order valence-corrected chi connectivity index (χ2v) is 5.48. The van der Waals surface area contributed by atoms with Crippen LogP contribution >= 0.6 is 27.5 Å². The van der Waals surface area contributed by atoms with Crippen LogP contribution in [0.2, 0.25) is 0 Å². The van der Waals surface area contributed by atoms with Gasteiger partial charge in [0.1, 0.15) is 5.75 Å². The molecule has 0 aromatic heterocycles. The number of nitrogens with one attached hydrogen (secondary N) is 1. The number of aromatic hydroxyl groups is 1. The Bertz CT molecular complexity index is 631. The predicted molar refractivity (Wildman–Crippen MR) is 83.0 cm³/mol. The van der Waals surface area contributed by atoms with Crippen LogP contribution in [-0.4, -0.2) is 11.0 Å². The Morgan fingerprint density at radius 2 is 1.95 bits per heavy atom. The van der Waals surface area contributed by atoms with E-state index in [1.54, 1.807) is 12.1 Å². The molecule has 2 N–H and O–H groups in total. The van der Waals surface area contributed by atoms with Crippen molar-refractivity contribution in [3.63, 3.8) is 0 Å². The van der Waals surface area contributed by atoms with Crippen molar-refractivity contribution in [3.8, 4) is 5.75 Å². The molecule has 0 spiro atoms. The van der Waals surface area contributed by atoms with Gasteiger partial charge < -0.3 is 10.4 Å². The fraction of sp³-hybridized carbons (Fsp3) is 0.133. The highest BCUT2D eigenvalue weighted by atomic mass is 79.9. The number of benzene rings is 2. The van der Waals surface area contributed by atoms with Crippen LogP contribution in [0.3, 0.4) is 0 Å². The van der Waals surface area contributed by atoms with Crippen molar-refractivity contribution in [1.29, 1.82) is 0 Å². The minimum absolute atomic E-state index is 0.0415. The zero-order chi connectivity index (χ0) is 14.5. The second-order valence-electron chi connectivity index (χ2n) is 4.30. The summed E-state index contributed by atoms with van der Waals surface area (Å²) in [6.07, 6.45) is 0. The number of halogens is 2. The Kier molecular flexibility index (Phi) is 5.04. The van der Waals surface area contributed by atoms with Gasteiger partial charge in [0.15, 0.2) is 0 Å². The van der Waals surface area contributed by atoms with Gasteiger partial charge in [0.2, 0.25) is 0 Å². The molecule has 5 heteroatoms. The summed E-state index contributed by atoms with van der Waals surface area (Å²) >= 11 is 9.04. The summed E-state index contributed by atoms with van der Waals surface area (Å²) in [6.45, 7) is 0.384. The number of amides is 1. The maximum atomic E-state index is 12.0. The number of rotatable bonds is 4. The summed E-state index contributed by atoms with van der Waals surface area (Å²) in [5.41, 5.74) is 2.21. The van der Waals surface area contributed by atoms with Gasteiger partial charge in [0, 0.05) is 16.9 Å². The van der Waals surface area contributed by atoms with E-state index >= 15 is 0 Å². The maximum absolute atomic E-state index is 12.0. The fourth-order valence-corrected chi connectivity index (χ4v) is 2.32. The van der Waals surface area contributed by atoms with Crippen molar-refractivity contribution in [3.05, 3.63) is 63.6 Å². The molecule has 0 aliphatic heterocycles. The number of alkyl halides is 1. The molecule has 0 saturated heterocycles. The van der Waals surface area contributed by atoms with Gasteiger partial charge >= 0.3 is 0 Å². The van der Waals surface area contributed by atoms with Crippen LogP contribution in [0.25, 0.3) is 0 Å². The quantitative estimate of drug-likeness (QED) is 0.820. The first-order chi connectivity index (χ1) is 9.60. The molecule has 1 amide bonds. The molecule has 20 heavy (non-hydrogen) atoms. The molecule has 2 aromatic carbocycles. The van der Waals surface area contributed by atoms with Gasteiger partial charge in [-0.3, -0.25) is 4.79 Å². The lowest BCUT2D eigenvalue weighted by Gasteiger charge is -2.08. The maximum Gasteiger partial charge on any atom is 0.255 e. The van der Waals surface area contributed by atoms with E-state index in [9.17, 15) is 9.90 Å². The van der Waals surface area contributed by atoms with Crippen molar-refractivity contribution in [2.24, 2.45) is 0 Å². The average Bonchev–Trinajstić information content (AvgIpc) is 2.47. The molecule has 0 bridgehead atoms. The minimum Gasteiger partial charge on any atom is -0.507 e. The predicted octanol–water partition coefficient (Wildman–Crippen LogP) is 3.82. The monoisotopic (exact) mass is 353 g/mol. The van der Waals surface area contributed by atoms with Gasteiger partial charge in [0.05, 0.1) is 5.56 Å². The van der Waals surface area contributed by atoms with Crippen LogP contribution in [0.5, 0.6) is 5.75 Å². The number of hydrogen-bond donors (Lipinski definition) is 2. The SMILES string of the molecule is O=C(NCc1cccc(CCl)c1)c1cc(Br)ccc1O. The molecule has 0 saturated carbocycles. The minimum atomic E-state index is -0.319. The van der Waals surface area contributed by atoms with E-state index in [0.29, 0.717) is 12.4 Å². The highest BCUT2D eigenvalue weighted by Crippen LogP contribution is 2.21. The summed E-state index contributed by atoms with van der Waals surface area (Å²) in [6, 6.07) is 12.4. The van der Waals surface area contributed by atoms with Crippen LogP contribution < -0.4 is 5.32 Å². The third-order valence-electron chi connectivity index (χ3n) is 2.80. The van der Waals surface area contributed by atoms with E-state index in [2.05, 4.69) is 21.2 Å². The van der Waals surface area contributed by atoms with E-state index in [1.165, 1.54) is 6.07 Å². The summed E-state index contributed by atoms with van der Waals surface area (Å²) in [5, 5.41) is 12.5. The van der Waals surface area contributed by atoms with Crippen LogP contribution in [0.15, 0.2) is 46.9 Å². The van der Waals surface area contributed by atoms with Crippen molar-refractivity contribution >= 4 is 33.4 Å². The average molecular weight is 355 g/mol. The molecule has 104 valence electrons. The Morgan fingerprint density at radius 1 is 1.20 bits per heavy atom. The number of carbonyl (C=O) groups is 1. The first kappa shape index (κ1) is 14.9. The first-order valence-electron chi connectivity index (χ1n) is 6.00. The van der Waals surface area contributed by atoms with Crippen molar-refractivity contribution in [2.45, 2.75) is 12.4 Å². The molecule has 0 aliphatic rings. The van der Waals surface area contributed by atoms with Crippen molar-refractivity contribution < 1.29 is 9.90 Å². The van der Waals surface area contributed by atoms with Gasteiger partial charge in [-0.2, -0.15) is 0 Å². The smallest absolute Gasteiger partial charge is 0.255 e. The van der Waals surface area contributed by atoms with Gasteiger partial charge in [-0.25, -0.2) is 0 Å². The molecule has 0 fully saturated rings. The van der Waals surface area contributed by atoms with E-state index in [1.807, 2.05) is 24.3 Å². The topological polar surface area (TPSA) is 49.3 Å². The molecule has 3 nitrogen and oxygen atoms in total. The molecule has 0 atom stereocenters. The van der Waals surface area contributed by atoms with Gasteiger partial charge in [-0.05, 0) is 29.3 Å². The summed E-state index contributed by atoms with van der Waals surface area (Å²) < 4.78 is 0.740. The van der Waals surface area contributed by atoms with E-state index < -0.39 is 0 Å². The molecule has 2 aromatic rings. The van der Waals surface area contributed by atoms with Crippen molar-refractivity contribution in [2.75, 3.05) is 0 Å². The standard InChI is InChI=1S/C15H13BrClNO2/c16-12-4-5-14(19)13(7-12)15(20)18-9-11-3-1-2-10(6-11)8-17/h1-7,19H,8-9H2,(H,18,20). The Morgan fingerprint density at radius 3 is 2.70 bits per heavy atom. The van der Waals surface area contributed by atoms with Crippen LogP contribution in [0.1, 0.15) is 21.5 Å². The highest BCUT2D eigenvalue weighted by Gasteiger charge is 2.11. The number of hydrogen-bond acceptors (Lipinski definition) is 2. The van der Waals surface area contributed by atoms with Crippen LogP contribution in [0.4, 0.5) is 0 Å². The Labute approximate surface area is 130 Å². The van der Waals surface area contributed by atoms with Gasteiger partial charge in [-0.15, -0.1) is 11.6 Å². The molecule has 2 rings (SSSR count). The zero-order valence-corrected chi connectivity index (χ0v) is 12.9. The molecular formula is C15H13BrClNO2. The van der Waals surface area contributed by atoms with E-state index in [0.717, 1.165) is 15.6 Å². The number of phenolic OH excluding ortho intramolecular Hbond substituents is 1. The summed E-state index contributed by atoms with van der Waals surface area (Å²) in [4.78, 5) is 12.0. The molecule has 0 unspecified atom stereocenters. The Balaban J connectivity index is 2.06. The molecule has 0 aliphatic carbocycles. The number of phenols is 1. The normalized spacial score (nSPS) is 10.3. The lowest BCUT2D eigenvalue weighted by molar-refractivity contribution is 0.0948. The Hall–Kier alpha value is -1.52. The highest BCUT2D eigenvalue weighted by molar-refractivity contribution is 9.10. The lowest BCUT2D eigenvalue weighted by Crippen LogP contribution is -2.22. The van der Waals surface area contributed by atoms with Crippen molar-refractivity contribution in [1.82, 2.24) is 5.32 Å². The fourth-order valence-electron chi connectivity index (χ4n) is 1.79. The molecule has 0 radical (unpaired) electrons.